The lowest BCUT2D eigenvalue weighted by atomic mass is 10.1. The van der Waals surface area contributed by atoms with E-state index in [-0.39, 0.29) is 0 Å². The zero-order valence-electron chi connectivity index (χ0n) is 10.8. The van der Waals surface area contributed by atoms with E-state index in [1.54, 1.807) is 0 Å². The molecule has 0 radical (unpaired) electrons. The molecule has 0 aliphatic carbocycles. The molecule has 0 bridgehead atoms. The molecule has 2 N–H and O–H groups in total. The third-order valence-electron chi connectivity index (χ3n) is 2.92. The summed E-state index contributed by atoms with van der Waals surface area (Å²) >= 11 is 6.18. The van der Waals surface area contributed by atoms with E-state index in [0.29, 0.717) is 18.2 Å². The fraction of sp³-hybridized carbons (Fsp3) is 0.250. The molecule has 3 heteroatoms. The molecule has 19 heavy (non-hydrogen) atoms. The Bertz CT molecular complexity index is 513. The van der Waals surface area contributed by atoms with Crippen LogP contribution in [0.3, 0.4) is 0 Å². The summed E-state index contributed by atoms with van der Waals surface area (Å²) in [4.78, 5) is 0. The minimum Gasteiger partial charge on any atom is -0.492 e. The molecule has 0 saturated heterocycles. The van der Waals surface area contributed by atoms with Crippen LogP contribution in [0.5, 0.6) is 5.75 Å². The maximum Gasteiger partial charge on any atom is 0.137 e. The summed E-state index contributed by atoms with van der Waals surface area (Å²) in [5, 5.41) is 0.652. The Labute approximate surface area is 119 Å². The number of ether oxygens (including phenoxy) is 1. The number of benzene rings is 2. The van der Waals surface area contributed by atoms with Gasteiger partial charge in [0.1, 0.15) is 5.75 Å². The molecule has 0 unspecified atom stereocenters. The maximum absolute atomic E-state index is 6.18. The standard InChI is InChI=1S/C16H18ClNO/c17-15-12-14(8-10-18)6-7-16(15)19-11-9-13-4-2-1-3-5-13/h1-7,12H,8-11,18H2. The first-order valence-electron chi connectivity index (χ1n) is 6.45. The first kappa shape index (κ1) is 13.9. The quantitative estimate of drug-likeness (QED) is 0.876. The van der Waals surface area contributed by atoms with Crippen molar-refractivity contribution in [2.75, 3.05) is 13.2 Å². The molecule has 0 fully saturated rings. The van der Waals surface area contributed by atoms with Crippen LogP contribution in [-0.4, -0.2) is 13.2 Å². The van der Waals surface area contributed by atoms with Gasteiger partial charge in [0.25, 0.3) is 0 Å². The molecule has 0 amide bonds. The zero-order chi connectivity index (χ0) is 13.5. The molecule has 0 spiro atoms. The van der Waals surface area contributed by atoms with Gasteiger partial charge in [-0.25, -0.2) is 0 Å². The highest BCUT2D eigenvalue weighted by molar-refractivity contribution is 6.32. The first-order chi connectivity index (χ1) is 9.29. The second-order valence-corrected chi connectivity index (χ2v) is 4.79. The van der Waals surface area contributed by atoms with Crippen LogP contribution in [0.1, 0.15) is 11.1 Å². The Morgan fingerprint density at radius 3 is 2.42 bits per heavy atom. The summed E-state index contributed by atoms with van der Waals surface area (Å²) in [6.07, 6.45) is 1.71. The van der Waals surface area contributed by atoms with Crippen molar-refractivity contribution >= 4 is 11.6 Å². The Hall–Kier alpha value is -1.51. The minimum absolute atomic E-state index is 0.625. The van der Waals surface area contributed by atoms with Crippen molar-refractivity contribution in [1.82, 2.24) is 0 Å². The van der Waals surface area contributed by atoms with E-state index in [0.717, 1.165) is 24.2 Å². The predicted molar refractivity (Wildman–Crippen MR) is 79.9 cm³/mol. The van der Waals surface area contributed by atoms with Crippen molar-refractivity contribution in [2.45, 2.75) is 12.8 Å². The maximum atomic E-state index is 6.18. The molecule has 0 aliphatic rings. The largest absolute Gasteiger partial charge is 0.492 e. The van der Waals surface area contributed by atoms with Gasteiger partial charge in [0.15, 0.2) is 0 Å². The van der Waals surface area contributed by atoms with Crippen LogP contribution >= 0.6 is 11.6 Å². The average molecular weight is 276 g/mol. The number of hydrogen-bond donors (Lipinski definition) is 1. The summed E-state index contributed by atoms with van der Waals surface area (Å²) in [5.41, 5.74) is 7.92. The second-order valence-electron chi connectivity index (χ2n) is 4.39. The Balaban J connectivity index is 1.89. The number of nitrogens with two attached hydrogens (primary N) is 1. The van der Waals surface area contributed by atoms with Crippen LogP contribution < -0.4 is 10.5 Å². The van der Waals surface area contributed by atoms with Gasteiger partial charge >= 0.3 is 0 Å². The van der Waals surface area contributed by atoms with Crippen LogP contribution in [-0.2, 0) is 12.8 Å². The van der Waals surface area contributed by atoms with Gasteiger partial charge in [-0.2, -0.15) is 0 Å². The van der Waals surface area contributed by atoms with Crippen molar-refractivity contribution in [3.63, 3.8) is 0 Å². The highest BCUT2D eigenvalue weighted by Gasteiger charge is 2.03. The molecule has 2 rings (SSSR count). The summed E-state index contributed by atoms with van der Waals surface area (Å²) in [6, 6.07) is 16.1. The van der Waals surface area contributed by atoms with Crippen LogP contribution in [0.25, 0.3) is 0 Å². The Morgan fingerprint density at radius 2 is 1.74 bits per heavy atom. The predicted octanol–water partition coefficient (Wildman–Crippen LogP) is 3.46. The highest BCUT2D eigenvalue weighted by Crippen LogP contribution is 2.25. The van der Waals surface area contributed by atoms with Gasteiger partial charge in [0.2, 0.25) is 0 Å². The minimum atomic E-state index is 0.625. The van der Waals surface area contributed by atoms with E-state index in [9.17, 15) is 0 Å². The summed E-state index contributed by atoms with van der Waals surface area (Å²) < 4.78 is 5.71. The van der Waals surface area contributed by atoms with E-state index in [4.69, 9.17) is 22.1 Å². The molecule has 0 aliphatic heterocycles. The molecule has 0 atom stereocenters. The van der Waals surface area contributed by atoms with Crippen LogP contribution in [0.2, 0.25) is 5.02 Å². The van der Waals surface area contributed by atoms with Crippen LogP contribution in [0.15, 0.2) is 48.5 Å². The van der Waals surface area contributed by atoms with E-state index in [1.165, 1.54) is 5.56 Å². The van der Waals surface area contributed by atoms with Crippen LogP contribution in [0, 0.1) is 0 Å². The number of hydrogen-bond acceptors (Lipinski definition) is 2. The van der Waals surface area contributed by atoms with Crippen molar-refractivity contribution < 1.29 is 4.74 Å². The fourth-order valence-electron chi connectivity index (χ4n) is 1.91. The number of halogens is 1. The van der Waals surface area contributed by atoms with E-state index in [1.807, 2.05) is 36.4 Å². The van der Waals surface area contributed by atoms with Crippen LogP contribution in [0.4, 0.5) is 0 Å². The van der Waals surface area contributed by atoms with Crippen molar-refractivity contribution in [1.29, 1.82) is 0 Å². The van der Waals surface area contributed by atoms with Gasteiger partial charge < -0.3 is 10.5 Å². The normalized spacial score (nSPS) is 10.4. The molecule has 2 nitrogen and oxygen atoms in total. The third kappa shape index (κ3) is 4.27. The third-order valence-corrected chi connectivity index (χ3v) is 3.22. The molecule has 2 aromatic rings. The van der Waals surface area contributed by atoms with E-state index < -0.39 is 0 Å². The fourth-order valence-corrected chi connectivity index (χ4v) is 2.16. The SMILES string of the molecule is NCCc1ccc(OCCc2ccccc2)c(Cl)c1. The second kappa shape index (κ2) is 7.17. The summed E-state index contributed by atoms with van der Waals surface area (Å²) in [5.74, 6) is 0.735. The number of rotatable bonds is 6. The van der Waals surface area contributed by atoms with Crippen molar-refractivity contribution in [3.05, 3.63) is 64.7 Å². The molecule has 0 aromatic heterocycles. The summed E-state index contributed by atoms with van der Waals surface area (Å²) in [7, 11) is 0. The lowest BCUT2D eigenvalue weighted by molar-refractivity contribution is 0.322. The summed E-state index contributed by atoms with van der Waals surface area (Å²) in [6.45, 7) is 1.25. The molecule has 0 saturated carbocycles. The van der Waals surface area contributed by atoms with Crippen molar-refractivity contribution in [2.24, 2.45) is 5.73 Å². The van der Waals surface area contributed by atoms with E-state index >= 15 is 0 Å². The topological polar surface area (TPSA) is 35.2 Å². The van der Waals surface area contributed by atoms with Gasteiger partial charge in [-0.1, -0.05) is 48.0 Å². The van der Waals surface area contributed by atoms with Gasteiger partial charge in [-0.05, 0) is 36.2 Å². The Kier molecular flexibility index (Phi) is 5.25. The molecule has 2 aromatic carbocycles. The molecular weight excluding hydrogens is 258 g/mol. The average Bonchev–Trinajstić information content (AvgIpc) is 2.43. The van der Waals surface area contributed by atoms with E-state index in [2.05, 4.69) is 12.1 Å². The molecular formula is C16H18ClNO. The lowest BCUT2D eigenvalue weighted by Gasteiger charge is -2.09. The highest BCUT2D eigenvalue weighted by atomic mass is 35.5. The van der Waals surface area contributed by atoms with Gasteiger partial charge in [0, 0.05) is 6.42 Å². The Morgan fingerprint density at radius 1 is 0.947 bits per heavy atom. The molecule has 100 valence electrons. The van der Waals surface area contributed by atoms with Gasteiger partial charge in [-0.15, -0.1) is 0 Å². The molecule has 0 heterocycles. The van der Waals surface area contributed by atoms with Gasteiger partial charge in [-0.3, -0.25) is 0 Å². The lowest BCUT2D eigenvalue weighted by Crippen LogP contribution is -2.04. The first-order valence-corrected chi connectivity index (χ1v) is 6.82. The van der Waals surface area contributed by atoms with Crippen molar-refractivity contribution in [3.8, 4) is 5.75 Å². The smallest absolute Gasteiger partial charge is 0.137 e. The van der Waals surface area contributed by atoms with Gasteiger partial charge in [0.05, 0.1) is 11.6 Å². The zero-order valence-corrected chi connectivity index (χ0v) is 11.6. The monoisotopic (exact) mass is 275 g/mol.